The highest BCUT2D eigenvalue weighted by Gasteiger charge is 2.45. The van der Waals surface area contributed by atoms with Crippen LogP contribution >= 0.6 is 11.6 Å². The van der Waals surface area contributed by atoms with Crippen molar-refractivity contribution in [1.29, 1.82) is 0 Å². The van der Waals surface area contributed by atoms with Crippen LogP contribution in [0, 0.1) is 0 Å². The van der Waals surface area contributed by atoms with Crippen molar-refractivity contribution >= 4 is 40.9 Å². The predicted molar refractivity (Wildman–Crippen MR) is 151 cm³/mol. The summed E-state index contributed by atoms with van der Waals surface area (Å²) in [6.45, 7) is 4.73. The molecule has 3 aromatic rings. The molecule has 1 unspecified atom stereocenters. The standard InChI is InChI=1S/C28H32ClN7O2/c1-19(11-13-33(2)3)34-14-12-22(16-34)36-25(17-37)35(26-27(30)31-18-32-28(26)36)21-7-9-23(10-8-21)38-24-6-4-5-20(29)15-24/h4-11,15,17-18,22,25H,12-14,16H2,1-3H3,(H2,30,31,32)/b19-11+/t22-,25?/m1/s1. The van der Waals surface area contributed by atoms with E-state index in [-0.39, 0.29) is 6.04 Å². The van der Waals surface area contributed by atoms with Gasteiger partial charge in [0.05, 0.1) is 6.04 Å². The van der Waals surface area contributed by atoms with E-state index in [9.17, 15) is 4.79 Å². The first-order valence-corrected chi connectivity index (χ1v) is 13.0. The fourth-order valence-corrected chi connectivity index (χ4v) is 5.24. The van der Waals surface area contributed by atoms with E-state index in [1.807, 2.05) is 41.3 Å². The Hall–Kier alpha value is -3.82. The second kappa shape index (κ2) is 10.9. The van der Waals surface area contributed by atoms with Gasteiger partial charge in [0, 0.05) is 36.0 Å². The Bertz CT molecular complexity index is 1330. The maximum atomic E-state index is 12.6. The number of rotatable bonds is 8. The fourth-order valence-electron chi connectivity index (χ4n) is 5.06. The molecule has 9 nitrogen and oxygen atoms in total. The number of nitrogens with two attached hydrogens (primary N) is 1. The van der Waals surface area contributed by atoms with Crippen LogP contribution < -0.4 is 20.3 Å². The van der Waals surface area contributed by atoms with Gasteiger partial charge in [0.1, 0.15) is 23.5 Å². The Morgan fingerprint density at radius 3 is 2.68 bits per heavy atom. The molecule has 1 saturated heterocycles. The number of nitrogens with zero attached hydrogens (tertiary/aromatic N) is 6. The van der Waals surface area contributed by atoms with Crippen LogP contribution in [0.4, 0.5) is 23.0 Å². The lowest BCUT2D eigenvalue weighted by molar-refractivity contribution is -0.108. The van der Waals surface area contributed by atoms with Crippen molar-refractivity contribution in [3.05, 3.63) is 71.7 Å². The van der Waals surface area contributed by atoms with Gasteiger partial charge in [-0.1, -0.05) is 23.7 Å². The lowest BCUT2D eigenvalue weighted by Crippen LogP contribution is -2.49. The van der Waals surface area contributed by atoms with Crippen molar-refractivity contribution in [2.24, 2.45) is 0 Å². The number of aldehydes is 1. The van der Waals surface area contributed by atoms with Crippen LogP contribution in [0.1, 0.15) is 13.3 Å². The number of halogens is 1. The van der Waals surface area contributed by atoms with Crippen LogP contribution in [0.3, 0.4) is 0 Å². The third kappa shape index (κ3) is 5.12. The molecule has 2 aliphatic heterocycles. The zero-order valence-electron chi connectivity index (χ0n) is 21.8. The molecule has 0 bridgehead atoms. The minimum absolute atomic E-state index is 0.0939. The highest BCUT2D eigenvalue weighted by molar-refractivity contribution is 6.30. The van der Waals surface area contributed by atoms with E-state index in [0.717, 1.165) is 38.0 Å². The van der Waals surface area contributed by atoms with E-state index in [0.29, 0.717) is 33.8 Å². The molecule has 0 spiro atoms. The molecular weight excluding hydrogens is 502 g/mol. The van der Waals surface area contributed by atoms with Crippen LogP contribution in [0.2, 0.25) is 5.02 Å². The number of fused-ring (bicyclic) bond motifs is 1. The Labute approximate surface area is 228 Å². The van der Waals surface area contributed by atoms with Crippen molar-refractivity contribution in [3.63, 3.8) is 0 Å². The summed E-state index contributed by atoms with van der Waals surface area (Å²) >= 11 is 6.08. The Balaban J connectivity index is 1.42. The second-order valence-corrected chi connectivity index (χ2v) is 10.2. The number of carbonyl (C=O) groups is 1. The van der Waals surface area contributed by atoms with Crippen molar-refractivity contribution < 1.29 is 9.53 Å². The first-order chi connectivity index (χ1) is 18.4. The molecule has 5 rings (SSSR count). The normalized spacial score (nSPS) is 19.3. The number of likely N-dealkylation sites (tertiary alicyclic amines) is 1. The molecule has 2 aliphatic rings. The summed E-state index contributed by atoms with van der Waals surface area (Å²) in [6.07, 6.45) is 4.95. The summed E-state index contributed by atoms with van der Waals surface area (Å²) in [5.41, 5.74) is 9.04. The molecule has 1 fully saturated rings. The molecule has 0 radical (unpaired) electrons. The molecule has 38 heavy (non-hydrogen) atoms. The average Bonchev–Trinajstić information content (AvgIpc) is 3.51. The molecule has 1 aromatic heterocycles. The van der Waals surface area contributed by atoms with Gasteiger partial charge in [-0.3, -0.25) is 4.79 Å². The lowest BCUT2D eigenvalue weighted by Gasteiger charge is -2.33. The van der Waals surface area contributed by atoms with Crippen LogP contribution in [-0.2, 0) is 4.79 Å². The lowest BCUT2D eigenvalue weighted by atomic mass is 10.2. The second-order valence-electron chi connectivity index (χ2n) is 9.81. The SMILES string of the molecule is C/C(=C\CN(C)C)N1CC[C@@H](N2c3ncnc(N)c3N(c3ccc(Oc4cccc(Cl)c4)cc3)C2C=O)C1. The molecule has 2 aromatic carbocycles. The number of carbonyl (C=O) groups excluding carboxylic acids is 1. The summed E-state index contributed by atoms with van der Waals surface area (Å²) in [7, 11) is 4.11. The van der Waals surface area contributed by atoms with Gasteiger partial charge in [0.25, 0.3) is 0 Å². The van der Waals surface area contributed by atoms with Crippen molar-refractivity contribution in [3.8, 4) is 11.5 Å². The zero-order valence-corrected chi connectivity index (χ0v) is 22.5. The summed E-state index contributed by atoms with van der Waals surface area (Å²) < 4.78 is 5.95. The monoisotopic (exact) mass is 533 g/mol. The molecule has 198 valence electrons. The average molecular weight is 534 g/mol. The molecule has 0 saturated carbocycles. The van der Waals surface area contributed by atoms with Gasteiger partial charge in [0.2, 0.25) is 0 Å². The van der Waals surface area contributed by atoms with Gasteiger partial charge in [-0.15, -0.1) is 0 Å². The number of hydrogen-bond donors (Lipinski definition) is 1. The largest absolute Gasteiger partial charge is 0.457 e. The smallest absolute Gasteiger partial charge is 0.165 e. The van der Waals surface area contributed by atoms with Crippen molar-refractivity contribution in [2.45, 2.75) is 25.6 Å². The van der Waals surface area contributed by atoms with Gasteiger partial charge in [-0.2, -0.15) is 0 Å². The number of anilines is 4. The fraction of sp³-hybridized carbons (Fsp3) is 0.321. The molecule has 0 amide bonds. The molecule has 3 heterocycles. The van der Waals surface area contributed by atoms with Crippen LogP contribution in [0.25, 0.3) is 0 Å². The number of aromatic nitrogens is 2. The zero-order chi connectivity index (χ0) is 26.8. The highest BCUT2D eigenvalue weighted by atomic mass is 35.5. The summed E-state index contributed by atoms with van der Waals surface area (Å²) in [6, 6.07) is 14.9. The van der Waals surface area contributed by atoms with Gasteiger partial charge in [-0.05, 0) is 69.9 Å². The Kier molecular flexibility index (Phi) is 7.40. The van der Waals surface area contributed by atoms with E-state index in [1.165, 1.54) is 12.0 Å². The maximum absolute atomic E-state index is 12.6. The molecule has 10 heteroatoms. The number of likely N-dealkylation sites (N-methyl/N-ethyl adjacent to an activating group) is 1. The molecule has 2 N–H and O–H groups in total. The number of hydrogen-bond acceptors (Lipinski definition) is 9. The minimum atomic E-state index is -0.597. The van der Waals surface area contributed by atoms with E-state index in [2.05, 4.69) is 51.8 Å². The first-order valence-electron chi connectivity index (χ1n) is 12.6. The summed E-state index contributed by atoms with van der Waals surface area (Å²) in [4.78, 5) is 30.0. The molecule has 2 atom stereocenters. The Morgan fingerprint density at radius 1 is 1.18 bits per heavy atom. The topological polar surface area (TPSA) is 91.1 Å². The van der Waals surface area contributed by atoms with E-state index in [1.54, 1.807) is 12.1 Å². The van der Waals surface area contributed by atoms with E-state index < -0.39 is 6.17 Å². The number of allylic oxidation sites excluding steroid dienone is 1. The Morgan fingerprint density at radius 2 is 1.97 bits per heavy atom. The van der Waals surface area contributed by atoms with E-state index >= 15 is 0 Å². The summed E-state index contributed by atoms with van der Waals surface area (Å²) in [5, 5.41) is 0.603. The molecular formula is C28H32ClN7O2. The van der Waals surface area contributed by atoms with Crippen LogP contribution in [-0.4, -0.2) is 72.0 Å². The third-order valence-electron chi connectivity index (χ3n) is 6.94. The van der Waals surface area contributed by atoms with Gasteiger partial charge < -0.3 is 30.1 Å². The van der Waals surface area contributed by atoms with Gasteiger partial charge >= 0.3 is 0 Å². The quantitative estimate of drug-likeness (QED) is 0.419. The predicted octanol–water partition coefficient (Wildman–Crippen LogP) is 4.53. The number of ether oxygens (including phenoxy) is 1. The minimum Gasteiger partial charge on any atom is -0.457 e. The third-order valence-corrected chi connectivity index (χ3v) is 7.18. The van der Waals surface area contributed by atoms with Crippen molar-refractivity contribution in [1.82, 2.24) is 19.8 Å². The maximum Gasteiger partial charge on any atom is 0.165 e. The first kappa shape index (κ1) is 25.8. The van der Waals surface area contributed by atoms with Crippen molar-refractivity contribution in [2.75, 3.05) is 49.3 Å². The van der Waals surface area contributed by atoms with Gasteiger partial charge in [-0.25, -0.2) is 9.97 Å². The number of benzene rings is 2. The number of nitrogen functional groups attached to an aromatic ring is 1. The molecule has 0 aliphatic carbocycles. The highest BCUT2D eigenvalue weighted by Crippen LogP contribution is 2.47. The van der Waals surface area contributed by atoms with E-state index in [4.69, 9.17) is 22.1 Å². The van der Waals surface area contributed by atoms with Crippen LogP contribution in [0.15, 0.2) is 66.6 Å². The van der Waals surface area contributed by atoms with Crippen LogP contribution in [0.5, 0.6) is 11.5 Å². The van der Waals surface area contributed by atoms with Gasteiger partial charge in [0.15, 0.2) is 24.1 Å². The summed E-state index contributed by atoms with van der Waals surface area (Å²) in [5.74, 6) is 2.31.